The lowest BCUT2D eigenvalue weighted by Crippen LogP contribution is -2.34. The monoisotopic (exact) mass is 402 g/mol. The average molecular weight is 403 g/mol. The first-order chi connectivity index (χ1) is 13.2. The van der Waals surface area contributed by atoms with Crippen LogP contribution >= 0.6 is 0 Å². The molecule has 0 aromatic heterocycles. The molecule has 2 aromatic carbocycles. The molecule has 1 aliphatic rings. The fraction of sp³-hybridized carbons (Fsp3) is 0.381. The highest BCUT2D eigenvalue weighted by molar-refractivity contribution is 7.92. The van der Waals surface area contributed by atoms with Gasteiger partial charge < -0.3 is 10.1 Å². The first-order valence-electron chi connectivity index (χ1n) is 9.24. The molecule has 0 fully saturated rings. The van der Waals surface area contributed by atoms with Crippen molar-refractivity contribution < 1.29 is 17.9 Å². The van der Waals surface area contributed by atoms with E-state index < -0.39 is 10.0 Å². The van der Waals surface area contributed by atoms with E-state index in [4.69, 9.17) is 4.74 Å². The molecule has 1 N–H and O–H groups in total. The van der Waals surface area contributed by atoms with Crippen LogP contribution in [0.3, 0.4) is 0 Å². The minimum atomic E-state index is -3.33. The summed E-state index contributed by atoms with van der Waals surface area (Å²) in [6, 6.07) is 11.0. The molecule has 0 bridgehead atoms. The summed E-state index contributed by atoms with van der Waals surface area (Å²) in [6.45, 7) is 4.38. The first-order valence-corrected chi connectivity index (χ1v) is 11.1. The number of methoxy groups -OCH3 is 1. The maximum absolute atomic E-state index is 12.5. The second kappa shape index (κ2) is 7.83. The standard InChI is InChI=1S/C21H26N2O4S/c1-14-5-8-20(27-3)16(11-14)9-10-22-21(24)17-6-7-19-18(13-17)12-15(2)23(19)28(4,25)26/h5-8,11,13,15H,9-10,12H2,1-4H3,(H,22,24)/t15-/m0/s1. The number of fused-ring (bicyclic) bond motifs is 1. The Balaban J connectivity index is 1.68. The largest absolute Gasteiger partial charge is 0.496 e. The second-order valence-electron chi connectivity index (χ2n) is 7.28. The van der Waals surface area contributed by atoms with Gasteiger partial charge in [-0.05, 0) is 62.1 Å². The lowest BCUT2D eigenvalue weighted by atomic mass is 10.1. The highest BCUT2D eigenvalue weighted by atomic mass is 32.2. The van der Waals surface area contributed by atoms with Crippen LogP contribution in [0.5, 0.6) is 5.75 Å². The van der Waals surface area contributed by atoms with Crippen molar-refractivity contribution in [3.8, 4) is 5.75 Å². The van der Waals surface area contributed by atoms with Crippen LogP contribution in [-0.2, 0) is 22.9 Å². The number of anilines is 1. The molecular weight excluding hydrogens is 376 g/mol. The van der Waals surface area contributed by atoms with Gasteiger partial charge in [0.1, 0.15) is 5.75 Å². The van der Waals surface area contributed by atoms with Crippen LogP contribution < -0.4 is 14.4 Å². The number of carbonyl (C=O) groups is 1. The van der Waals surface area contributed by atoms with Crippen molar-refractivity contribution in [3.63, 3.8) is 0 Å². The molecule has 3 rings (SSSR count). The van der Waals surface area contributed by atoms with Crippen LogP contribution in [0.2, 0.25) is 0 Å². The highest BCUT2D eigenvalue weighted by Crippen LogP contribution is 2.34. The van der Waals surface area contributed by atoms with E-state index in [1.165, 1.54) is 10.6 Å². The predicted octanol–water partition coefficient (Wildman–Crippen LogP) is 2.69. The van der Waals surface area contributed by atoms with Gasteiger partial charge in [0.2, 0.25) is 10.0 Å². The molecule has 0 saturated carbocycles. The number of benzene rings is 2. The zero-order valence-corrected chi connectivity index (χ0v) is 17.5. The van der Waals surface area contributed by atoms with Crippen LogP contribution in [0.1, 0.15) is 34.0 Å². The van der Waals surface area contributed by atoms with Crippen LogP contribution in [0.15, 0.2) is 36.4 Å². The van der Waals surface area contributed by atoms with Crippen LogP contribution in [0.25, 0.3) is 0 Å². The second-order valence-corrected chi connectivity index (χ2v) is 9.14. The number of nitrogens with zero attached hydrogens (tertiary/aromatic N) is 1. The predicted molar refractivity (Wildman–Crippen MR) is 111 cm³/mol. The molecule has 1 aliphatic heterocycles. The number of nitrogens with one attached hydrogen (secondary N) is 1. The van der Waals surface area contributed by atoms with Gasteiger partial charge in [-0.15, -0.1) is 0 Å². The van der Waals surface area contributed by atoms with E-state index in [0.29, 0.717) is 30.6 Å². The van der Waals surface area contributed by atoms with Gasteiger partial charge in [-0.3, -0.25) is 9.10 Å². The van der Waals surface area contributed by atoms with Crippen LogP contribution in [-0.4, -0.2) is 40.3 Å². The summed E-state index contributed by atoms with van der Waals surface area (Å²) in [6.07, 6.45) is 2.48. The summed E-state index contributed by atoms with van der Waals surface area (Å²) in [5, 5.41) is 2.94. The smallest absolute Gasteiger partial charge is 0.251 e. The number of carbonyl (C=O) groups excluding carboxylic acids is 1. The third-order valence-corrected chi connectivity index (χ3v) is 6.24. The zero-order valence-electron chi connectivity index (χ0n) is 16.7. The Morgan fingerprint density at radius 3 is 2.68 bits per heavy atom. The summed E-state index contributed by atoms with van der Waals surface area (Å²) in [5.74, 6) is 0.645. The molecule has 28 heavy (non-hydrogen) atoms. The molecular formula is C21H26N2O4S. The van der Waals surface area contributed by atoms with Gasteiger partial charge in [-0.25, -0.2) is 8.42 Å². The van der Waals surface area contributed by atoms with Crippen molar-refractivity contribution >= 4 is 21.6 Å². The average Bonchev–Trinajstić information content (AvgIpc) is 2.96. The molecule has 1 heterocycles. The SMILES string of the molecule is COc1ccc(C)cc1CCNC(=O)c1ccc2c(c1)C[C@H](C)N2S(C)(=O)=O. The molecule has 7 heteroatoms. The van der Waals surface area contributed by atoms with E-state index in [2.05, 4.69) is 11.4 Å². The molecule has 1 amide bonds. The van der Waals surface area contributed by atoms with Gasteiger partial charge in [0.15, 0.2) is 0 Å². The van der Waals surface area contributed by atoms with E-state index in [1.807, 2.05) is 26.0 Å². The van der Waals surface area contributed by atoms with Crippen molar-refractivity contribution in [1.82, 2.24) is 5.32 Å². The lowest BCUT2D eigenvalue weighted by molar-refractivity contribution is 0.0954. The van der Waals surface area contributed by atoms with Crippen LogP contribution in [0, 0.1) is 6.92 Å². The van der Waals surface area contributed by atoms with Gasteiger partial charge in [0.05, 0.1) is 19.1 Å². The molecule has 1 atom stereocenters. The minimum Gasteiger partial charge on any atom is -0.496 e. The Morgan fingerprint density at radius 2 is 2.00 bits per heavy atom. The molecule has 2 aromatic rings. The highest BCUT2D eigenvalue weighted by Gasteiger charge is 2.32. The van der Waals surface area contributed by atoms with E-state index in [-0.39, 0.29) is 11.9 Å². The van der Waals surface area contributed by atoms with Gasteiger partial charge in [0.25, 0.3) is 5.91 Å². The quantitative estimate of drug-likeness (QED) is 0.806. The number of sulfonamides is 1. The third-order valence-electron chi connectivity index (χ3n) is 4.97. The zero-order chi connectivity index (χ0) is 20.5. The van der Waals surface area contributed by atoms with E-state index in [1.54, 1.807) is 25.3 Å². The Hall–Kier alpha value is -2.54. The first kappa shape index (κ1) is 20.2. The number of hydrogen-bond donors (Lipinski definition) is 1. The lowest BCUT2D eigenvalue weighted by Gasteiger charge is -2.21. The molecule has 150 valence electrons. The molecule has 0 unspecified atom stereocenters. The maximum Gasteiger partial charge on any atom is 0.251 e. The van der Waals surface area contributed by atoms with Crippen molar-refractivity contribution in [1.29, 1.82) is 0 Å². The fourth-order valence-electron chi connectivity index (χ4n) is 3.76. The molecule has 0 aliphatic carbocycles. The molecule has 0 spiro atoms. The molecule has 0 radical (unpaired) electrons. The summed E-state index contributed by atoms with van der Waals surface area (Å²) in [7, 11) is -1.70. The van der Waals surface area contributed by atoms with E-state index >= 15 is 0 Å². The Bertz CT molecular complexity index is 1000. The maximum atomic E-state index is 12.5. The summed E-state index contributed by atoms with van der Waals surface area (Å²) in [4.78, 5) is 12.5. The van der Waals surface area contributed by atoms with Crippen molar-refractivity contribution in [2.24, 2.45) is 0 Å². The van der Waals surface area contributed by atoms with Crippen molar-refractivity contribution in [3.05, 3.63) is 58.7 Å². The van der Waals surface area contributed by atoms with Gasteiger partial charge in [-0.2, -0.15) is 0 Å². The normalized spacial score (nSPS) is 16.0. The minimum absolute atomic E-state index is 0.142. The van der Waals surface area contributed by atoms with Gasteiger partial charge >= 0.3 is 0 Å². The number of amides is 1. The number of hydrogen-bond acceptors (Lipinski definition) is 4. The van der Waals surface area contributed by atoms with Crippen molar-refractivity contribution in [2.45, 2.75) is 32.7 Å². The molecule has 6 nitrogen and oxygen atoms in total. The third kappa shape index (κ3) is 4.14. The van der Waals surface area contributed by atoms with E-state index in [9.17, 15) is 13.2 Å². The number of rotatable bonds is 6. The van der Waals surface area contributed by atoms with Gasteiger partial charge in [-0.1, -0.05) is 17.7 Å². The Morgan fingerprint density at radius 1 is 1.25 bits per heavy atom. The van der Waals surface area contributed by atoms with Gasteiger partial charge in [0, 0.05) is 18.2 Å². The molecule has 0 saturated heterocycles. The Kier molecular flexibility index (Phi) is 5.65. The fourth-order valence-corrected chi connectivity index (χ4v) is 5.03. The summed E-state index contributed by atoms with van der Waals surface area (Å²) >= 11 is 0. The Labute approximate surface area is 166 Å². The summed E-state index contributed by atoms with van der Waals surface area (Å²) in [5.41, 5.74) is 4.28. The number of aryl methyl sites for hydroxylation is 1. The number of ether oxygens (including phenoxy) is 1. The topological polar surface area (TPSA) is 75.7 Å². The van der Waals surface area contributed by atoms with Crippen molar-refractivity contribution in [2.75, 3.05) is 24.2 Å². The van der Waals surface area contributed by atoms with Crippen LogP contribution in [0.4, 0.5) is 5.69 Å². The summed E-state index contributed by atoms with van der Waals surface area (Å²) < 4.78 is 30.8. The van der Waals surface area contributed by atoms with E-state index in [0.717, 1.165) is 22.4 Å².